The Morgan fingerprint density at radius 2 is 2.36 bits per heavy atom. The zero-order chi connectivity index (χ0) is 8.69. The molecule has 0 fully saturated rings. The molecule has 0 aliphatic rings. The highest BCUT2D eigenvalue weighted by atomic mass is 32.2. The molecule has 0 aromatic rings. The van der Waals surface area contributed by atoms with Crippen molar-refractivity contribution < 1.29 is 14.6 Å². The van der Waals surface area contributed by atoms with Gasteiger partial charge in [0, 0.05) is 0 Å². The summed E-state index contributed by atoms with van der Waals surface area (Å²) >= 11 is 1.55. The molecule has 0 aliphatic carbocycles. The van der Waals surface area contributed by atoms with Crippen molar-refractivity contribution in [3.05, 3.63) is 0 Å². The highest BCUT2D eigenvalue weighted by Gasteiger charge is 2.14. The van der Waals surface area contributed by atoms with Crippen LogP contribution in [0.25, 0.3) is 0 Å². The highest BCUT2D eigenvalue weighted by Crippen LogP contribution is 2.04. The molecule has 0 saturated heterocycles. The Balaban J connectivity index is 3.44. The van der Waals surface area contributed by atoms with Crippen LogP contribution in [0.4, 0.5) is 0 Å². The molecule has 0 radical (unpaired) electrons. The summed E-state index contributed by atoms with van der Waals surface area (Å²) in [7, 11) is 0. The summed E-state index contributed by atoms with van der Waals surface area (Å²) in [4.78, 5) is 10.4. The van der Waals surface area contributed by atoms with E-state index < -0.39 is 5.97 Å². The van der Waals surface area contributed by atoms with Gasteiger partial charge in [0.05, 0.1) is 18.5 Å². The van der Waals surface area contributed by atoms with Gasteiger partial charge in [-0.2, -0.15) is 0 Å². The van der Waals surface area contributed by atoms with Gasteiger partial charge in [0.25, 0.3) is 0 Å². The zero-order valence-electron chi connectivity index (χ0n) is 6.87. The van der Waals surface area contributed by atoms with Crippen LogP contribution >= 0.6 is 11.8 Å². The molecule has 0 aromatic carbocycles. The van der Waals surface area contributed by atoms with Gasteiger partial charge in [-0.25, -0.2) is 0 Å². The number of carboxylic acids is 1. The number of rotatable bonds is 6. The van der Waals surface area contributed by atoms with Gasteiger partial charge in [-0.1, -0.05) is 6.92 Å². The topological polar surface area (TPSA) is 46.5 Å². The lowest BCUT2D eigenvalue weighted by Gasteiger charge is -2.08. The Kier molecular flexibility index (Phi) is 6.36. The fraction of sp³-hybridized carbons (Fsp3) is 0.857. The van der Waals surface area contributed by atoms with E-state index in [2.05, 4.69) is 0 Å². The van der Waals surface area contributed by atoms with Gasteiger partial charge in [-0.05, 0) is 12.7 Å². The summed E-state index contributed by atoms with van der Waals surface area (Å²) < 4.78 is 5.08. The van der Waals surface area contributed by atoms with E-state index in [-0.39, 0.29) is 5.92 Å². The number of hydrogen-bond donors (Lipinski definition) is 1. The van der Waals surface area contributed by atoms with Crippen molar-refractivity contribution in [2.45, 2.75) is 13.3 Å². The largest absolute Gasteiger partial charge is 0.481 e. The van der Waals surface area contributed by atoms with E-state index in [9.17, 15) is 4.79 Å². The molecular formula is C7H14O3S. The minimum absolute atomic E-state index is 0.326. The minimum Gasteiger partial charge on any atom is -0.481 e. The van der Waals surface area contributed by atoms with Crippen molar-refractivity contribution in [1.29, 1.82) is 0 Å². The van der Waals surface area contributed by atoms with E-state index in [1.165, 1.54) is 0 Å². The first-order valence-corrected chi connectivity index (χ1v) is 4.91. The number of ether oxygens (including phenoxy) is 1. The van der Waals surface area contributed by atoms with Crippen LogP contribution in [-0.2, 0) is 9.53 Å². The van der Waals surface area contributed by atoms with Crippen molar-refractivity contribution >= 4 is 17.7 Å². The predicted octanol–water partition coefficient (Wildman–Crippen LogP) is 1.43. The minimum atomic E-state index is -0.770. The lowest BCUT2D eigenvalue weighted by molar-refractivity contribution is -0.143. The SMILES string of the molecule is CCC(COCSC)C(=O)O. The maximum atomic E-state index is 10.4. The summed E-state index contributed by atoms with van der Waals surface area (Å²) in [6, 6.07) is 0. The number of hydrogen-bond acceptors (Lipinski definition) is 3. The number of carboxylic acid groups (broad SMARTS) is 1. The molecule has 1 atom stereocenters. The van der Waals surface area contributed by atoms with Crippen LogP contribution < -0.4 is 0 Å². The molecule has 0 amide bonds. The monoisotopic (exact) mass is 178 g/mol. The van der Waals surface area contributed by atoms with Gasteiger partial charge in [-0.15, -0.1) is 11.8 Å². The summed E-state index contributed by atoms with van der Waals surface area (Å²) in [5, 5.41) is 8.59. The fourth-order valence-electron chi connectivity index (χ4n) is 0.637. The van der Waals surface area contributed by atoms with Crippen LogP contribution in [0, 0.1) is 5.92 Å². The van der Waals surface area contributed by atoms with Crippen LogP contribution in [0.3, 0.4) is 0 Å². The standard InChI is InChI=1S/C7H14O3S/c1-3-6(7(8)9)4-10-5-11-2/h6H,3-5H2,1-2H3,(H,8,9). The van der Waals surface area contributed by atoms with Crippen LogP contribution in [0.15, 0.2) is 0 Å². The van der Waals surface area contributed by atoms with E-state index in [1.807, 2.05) is 13.2 Å². The van der Waals surface area contributed by atoms with Gasteiger partial charge in [-0.3, -0.25) is 4.79 Å². The van der Waals surface area contributed by atoms with E-state index in [0.29, 0.717) is 19.0 Å². The van der Waals surface area contributed by atoms with E-state index in [1.54, 1.807) is 11.8 Å². The van der Waals surface area contributed by atoms with Gasteiger partial charge in [0.2, 0.25) is 0 Å². The second kappa shape index (κ2) is 6.49. The smallest absolute Gasteiger partial charge is 0.308 e. The van der Waals surface area contributed by atoms with Crippen molar-refractivity contribution in [2.24, 2.45) is 5.92 Å². The second-order valence-electron chi connectivity index (χ2n) is 2.22. The third kappa shape index (κ3) is 5.09. The third-order valence-electron chi connectivity index (χ3n) is 1.36. The van der Waals surface area contributed by atoms with E-state index >= 15 is 0 Å². The molecule has 1 unspecified atom stereocenters. The molecule has 0 spiro atoms. The molecule has 11 heavy (non-hydrogen) atoms. The molecule has 0 heterocycles. The predicted molar refractivity (Wildman–Crippen MR) is 45.8 cm³/mol. The van der Waals surface area contributed by atoms with Gasteiger partial charge in [0.15, 0.2) is 0 Å². The van der Waals surface area contributed by atoms with Crippen molar-refractivity contribution in [3.63, 3.8) is 0 Å². The van der Waals surface area contributed by atoms with Crippen LogP contribution in [0.5, 0.6) is 0 Å². The Morgan fingerprint density at radius 1 is 1.73 bits per heavy atom. The van der Waals surface area contributed by atoms with Crippen LogP contribution in [-0.4, -0.2) is 29.9 Å². The Labute approximate surface area is 71.1 Å². The van der Waals surface area contributed by atoms with E-state index in [0.717, 1.165) is 0 Å². The maximum Gasteiger partial charge on any atom is 0.308 e. The molecule has 0 rings (SSSR count). The van der Waals surface area contributed by atoms with Gasteiger partial charge >= 0.3 is 5.97 Å². The molecular weight excluding hydrogens is 164 g/mol. The van der Waals surface area contributed by atoms with E-state index in [4.69, 9.17) is 9.84 Å². The quantitative estimate of drug-likeness (QED) is 0.494. The summed E-state index contributed by atoms with van der Waals surface area (Å²) in [6.45, 7) is 2.17. The summed E-state index contributed by atoms with van der Waals surface area (Å²) in [6.07, 6.45) is 2.55. The molecule has 3 nitrogen and oxygen atoms in total. The molecule has 0 aliphatic heterocycles. The number of carbonyl (C=O) groups is 1. The molecule has 66 valence electrons. The van der Waals surface area contributed by atoms with Crippen molar-refractivity contribution in [2.75, 3.05) is 18.8 Å². The molecule has 0 bridgehead atoms. The third-order valence-corrected chi connectivity index (χ3v) is 1.76. The molecule has 0 aromatic heterocycles. The summed E-state index contributed by atoms with van der Waals surface area (Å²) in [5.41, 5.74) is 0. The highest BCUT2D eigenvalue weighted by molar-refractivity contribution is 7.98. The Bertz CT molecular complexity index is 116. The van der Waals surface area contributed by atoms with Crippen LogP contribution in [0.2, 0.25) is 0 Å². The van der Waals surface area contributed by atoms with Gasteiger partial charge < -0.3 is 9.84 Å². The number of thioether (sulfide) groups is 1. The second-order valence-corrected chi connectivity index (χ2v) is 3.03. The first-order valence-electron chi connectivity index (χ1n) is 3.51. The first-order chi connectivity index (χ1) is 5.22. The van der Waals surface area contributed by atoms with Gasteiger partial charge in [0.1, 0.15) is 0 Å². The Hall–Kier alpha value is -0.220. The first kappa shape index (κ1) is 10.8. The maximum absolute atomic E-state index is 10.4. The molecule has 1 N–H and O–H groups in total. The summed E-state index contributed by atoms with van der Waals surface area (Å²) in [5.74, 6) is -0.542. The fourth-order valence-corrected chi connectivity index (χ4v) is 0.900. The van der Waals surface area contributed by atoms with Crippen molar-refractivity contribution in [3.8, 4) is 0 Å². The average molecular weight is 178 g/mol. The number of aliphatic carboxylic acids is 1. The normalized spacial score (nSPS) is 12.9. The average Bonchev–Trinajstić information content (AvgIpc) is 1.97. The Morgan fingerprint density at radius 3 is 2.73 bits per heavy atom. The van der Waals surface area contributed by atoms with Crippen molar-refractivity contribution in [1.82, 2.24) is 0 Å². The molecule has 0 saturated carbocycles. The molecule has 4 heteroatoms. The lowest BCUT2D eigenvalue weighted by atomic mass is 10.1. The zero-order valence-corrected chi connectivity index (χ0v) is 7.69. The lowest BCUT2D eigenvalue weighted by Crippen LogP contribution is -2.18. The van der Waals surface area contributed by atoms with Crippen LogP contribution in [0.1, 0.15) is 13.3 Å².